The Labute approximate surface area is 97.6 Å². The van der Waals surface area contributed by atoms with Crippen molar-refractivity contribution in [1.29, 1.82) is 0 Å². The summed E-state index contributed by atoms with van der Waals surface area (Å²) in [7, 11) is 0. The zero-order valence-corrected chi connectivity index (χ0v) is 9.90. The highest BCUT2D eigenvalue weighted by molar-refractivity contribution is 6.68. The molecule has 0 aliphatic heterocycles. The van der Waals surface area contributed by atoms with E-state index in [0.29, 0.717) is 0 Å². The maximum atomic E-state index is 10.9. The first kappa shape index (κ1) is 14.3. The first-order valence-corrected chi connectivity index (χ1v) is 5.09. The van der Waals surface area contributed by atoms with Crippen molar-refractivity contribution in [3.05, 3.63) is 0 Å². The van der Waals surface area contributed by atoms with Crippen LogP contribution in [-0.4, -0.2) is 35.6 Å². The van der Waals surface area contributed by atoms with Gasteiger partial charge in [-0.3, -0.25) is 0 Å². The van der Waals surface area contributed by atoms with Gasteiger partial charge in [0.05, 0.1) is 6.61 Å². The molecular weight excluding hydrogens is 252 g/mol. The van der Waals surface area contributed by atoms with Gasteiger partial charge in [0.15, 0.2) is 0 Å². The van der Waals surface area contributed by atoms with Crippen molar-refractivity contribution < 1.29 is 14.3 Å². The molecule has 0 aliphatic carbocycles. The van der Waals surface area contributed by atoms with E-state index in [-0.39, 0.29) is 19.8 Å². The zero-order valence-electron chi connectivity index (χ0n) is 7.63. The Morgan fingerprint density at radius 2 is 2.07 bits per heavy atom. The molecule has 0 spiro atoms. The Kier molecular flexibility index (Phi) is 6.81. The molecule has 4 nitrogen and oxygen atoms in total. The van der Waals surface area contributed by atoms with Crippen LogP contribution in [0.15, 0.2) is 0 Å². The van der Waals surface area contributed by atoms with Gasteiger partial charge in [0.1, 0.15) is 12.7 Å². The van der Waals surface area contributed by atoms with E-state index in [0.717, 1.165) is 0 Å². The molecule has 1 atom stereocenters. The predicted octanol–water partition coefficient (Wildman–Crippen LogP) is 1.26. The van der Waals surface area contributed by atoms with E-state index >= 15 is 0 Å². The van der Waals surface area contributed by atoms with E-state index in [2.05, 4.69) is 4.74 Å². The van der Waals surface area contributed by atoms with Crippen molar-refractivity contribution in [3.8, 4) is 0 Å². The lowest BCUT2D eigenvalue weighted by Gasteiger charge is -2.22. The van der Waals surface area contributed by atoms with Crippen molar-refractivity contribution in [2.45, 2.75) is 16.8 Å². The van der Waals surface area contributed by atoms with Crippen LogP contribution in [0, 0.1) is 0 Å². The molecule has 0 heterocycles. The summed E-state index contributed by atoms with van der Waals surface area (Å²) in [4.78, 5) is 10.9. The van der Waals surface area contributed by atoms with Gasteiger partial charge >= 0.3 is 5.97 Å². The maximum absolute atomic E-state index is 10.9. The fraction of sp³-hybridized carbons (Fsp3) is 0.857. The summed E-state index contributed by atoms with van der Waals surface area (Å²) in [6.07, 6.45) is -0.822. The SMILES string of the molecule is CCOC(=O)COC(CN)C(Cl)(Cl)Cl. The normalized spacial score (nSPS) is 13.8. The highest BCUT2D eigenvalue weighted by atomic mass is 35.6. The molecule has 1 unspecified atom stereocenters. The standard InChI is InChI=1S/C7H12Cl3NO3/c1-2-13-6(12)4-14-5(3-11)7(8,9)10/h5H,2-4,11H2,1H3. The summed E-state index contributed by atoms with van der Waals surface area (Å²) in [6, 6.07) is 0. The lowest BCUT2D eigenvalue weighted by molar-refractivity contribution is -0.150. The van der Waals surface area contributed by atoms with Gasteiger partial charge in [-0.15, -0.1) is 0 Å². The number of hydrogen-bond acceptors (Lipinski definition) is 4. The first-order valence-electron chi connectivity index (χ1n) is 3.95. The third kappa shape index (κ3) is 5.88. The smallest absolute Gasteiger partial charge is 0.332 e. The van der Waals surface area contributed by atoms with Gasteiger partial charge in [0, 0.05) is 6.54 Å². The number of carbonyl (C=O) groups is 1. The minimum absolute atomic E-state index is 0.00983. The quantitative estimate of drug-likeness (QED) is 0.600. The molecule has 0 saturated carbocycles. The molecule has 0 radical (unpaired) electrons. The molecular formula is C7H12Cl3NO3. The van der Waals surface area contributed by atoms with Crippen molar-refractivity contribution in [2.24, 2.45) is 5.73 Å². The summed E-state index contributed by atoms with van der Waals surface area (Å²) in [5.74, 6) is -0.514. The zero-order chi connectivity index (χ0) is 11.2. The molecule has 0 fully saturated rings. The monoisotopic (exact) mass is 263 g/mol. The third-order valence-electron chi connectivity index (χ3n) is 1.29. The van der Waals surface area contributed by atoms with Crippen LogP contribution in [0.25, 0.3) is 0 Å². The van der Waals surface area contributed by atoms with E-state index in [9.17, 15) is 4.79 Å². The summed E-state index contributed by atoms with van der Waals surface area (Å²) < 4.78 is 7.95. The van der Waals surface area contributed by atoms with Crippen LogP contribution in [0.1, 0.15) is 6.92 Å². The van der Waals surface area contributed by atoms with Crippen LogP contribution >= 0.6 is 34.8 Å². The molecule has 14 heavy (non-hydrogen) atoms. The molecule has 0 aromatic rings. The minimum Gasteiger partial charge on any atom is -0.464 e. The number of alkyl halides is 3. The van der Waals surface area contributed by atoms with Crippen LogP contribution in [0.5, 0.6) is 0 Å². The molecule has 0 bridgehead atoms. The van der Waals surface area contributed by atoms with Gasteiger partial charge in [0.25, 0.3) is 0 Å². The van der Waals surface area contributed by atoms with Gasteiger partial charge in [0.2, 0.25) is 3.79 Å². The van der Waals surface area contributed by atoms with E-state index in [1.165, 1.54) is 0 Å². The van der Waals surface area contributed by atoms with Crippen LogP contribution < -0.4 is 5.73 Å². The first-order chi connectivity index (χ1) is 6.41. The van der Waals surface area contributed by atoms with Gasteiger partial charge in [-0.05, 0) is 6.92 Å². The molecule has 0 aromatic carbocycles. The topological polar surface area (TPSA) is 61.5 Å². The minimum atomic E-state index is -1.64. The molecule has 84 valence electrons. The highest BCUT2D eigenvalue weighted by Gasteiger charge is 2.32. The number of ether oxygens (including phenoxy) is 2. The molecule has 2 N–H and O–H groups in total. The summed E-state index contributed by atoms with van der Waals surface area (Å²) in [5.41, 5.74) is 5.29. The summed E-state index contributed by atoms with van der Waals surface area (Å²) >= 11 is 16.6. The number of rotatable bonds is 5. The lowest BCUT2D eigenvalue weighted by Crippen LogP contribution is -2.37. The van der Waals surface area contributed by atoms with Gasteiger partial charge < -0.3 is 15.2 Å². The Hall–Kier alpha value is 0.260. The summed E-state index contributed by atoms with van der Waals surface area (Å²) in [6.45, 7) is 1.70. The third-order valence-corrected chi connectivity index (χ3v) is 2.02. The van der Waals surface area contributed by atoms with Crippen LogP contribution in [0.4, 0.5) is 0 Å². The van der Waals surface area contributed by atoms with Crippen molar-refractivity contribution >= 4 is 40.8 Å². The average Bonchev–Trinajstić information content (AvgIpc) is 2.03. The molecule has 0 aromatic heterocycles. The molecule has 0 saturated heterocycles. The number of nitrogens with two attached hydrogens (primary N) is 1. The number of esters is 1. The number of carbonyl (C=O) groups excluding carboxylic acids is 1. The number of halogens is 3. The molecule has 0 rings (SSSR count). The number of hydrogen-bond donors (Lipinski definition) is 1. The Balaban J connectivity index is 3.91. The second-order valence-corrected chi connectivity index (χ2v) is 4.75. The van der Waals surface area contributed by atoms with E-state index in [1.807, 2.05) is 0 Å². The predicted molar refractivity (Wildman–Crippen MR) is 55.7 cm³/mol. The van der Waals surface area contributed by atoms with Crippen molar-refractivity contribution in [3.63, 3.8) is 0 Å². The van der Waals surface area contributed by atoms with Gasteiger partial charge in [-0.25, -0.2) is 4.79 Å². The Morgan fingerprint density at radius 1 is 1.50 bits per heavy atom. The highest BCUT2D eigenvalue weighted by Crippen LogP contribution is 2.31. The lowest BCUT2D eigenvalue weighted by atomic mass is 10.4. The fourth-order valence-electron chi connectivity index (χ4n) is 0.667. The van der Waals surface area contributed by atoms with Crippen molar-refractivity contribution in [1.82, 2.24) is 0 Å². The average molecular weight is 265 g/mol. The van der Waals surface area contributed by atoms with E-state index < -0.39 is 15.9 Å². The second-order valence-electron chi connectivity index (χ2n) is 2.38. The van der Waals surface area contributed by atoms with Gasteiger partial charge in [-0.2, -0.15) is 0 Å². The molecule has 0 aliphatic rings. The fourth-order valence-corrected chi connectivity index (χ4v) is 1.12. The van der Waals surface area contributed by atoms with Gasteiger partial charge in [-0.1, -0.05) is 34.8 Å². The Bertz CT molecular complexity index is 184. The van der Waals surface area contributed by atoms with Crippen molar-refractivity contribution in [2.75, 3.05) is 19.8 Å². The van der Waals surface area contributed by atoms with Crippen LogP contribution in [0.2, 0.25) is 0 Å². The summed E-state index contributed by atoms with van der Waals surface area (Å²) in [5, 5.41) is 0. The van der Waals surface area contributed by atoms with Crippen LogP contribution in [0.3, 0.4) is 0 Å². The van der Waals surface area contributed by atoms with Crippen LogP contribution in [-0.2, 0) is 14.3 Å². The molecule has 0 amide bonds. The second kappa shape index (κ2) is 6.69. The largest absolute Gasteiger partial charge is 0.464 e. The van der Waals surface area contributed by atoms with E-state index in [4.69, 9.17) is 45.3 Å². The molecule has 7 heteroatoms. The Morgan fingerprint density at radius 3 is 2.43 bits per heavy atom. The maximum Gasteiger partial charge on any atom is 0.332 e. The van der Waals surface area contributed by atoms with E-state index in [1.54, 1.807) is 6.92 Å².